The minimum absolute atomic E-state index is 0.104. The second-order valence-electron chi connectivity index (χ2n) is 8.15. The summed E-state index contributed by atoms with van der Waals surface area (Å²) in [5, 5.41) is 0. The summed E-state index contributed by atoms with van der Waals surface area (Å²) in [6.45, 7) is 5.22. The molecule has 0 spiro atoms. The topological polar surface area (TPSA) is 78.6 Å². The SMILES string of the molecule is CCCCCCCCCCCCOC(=O)[C@@H](N)CC(=O)OCCCCCCCC. The van der Waals surface area contributed by atoms with Gasteiger partial charge in [0.25, 0.3) is 0 Å². The van der Waals surface area contributed by atoms with Crippen LogP contribution in [0, 0.1) is 0 Å². The quantitative estimate of drug-likeness (QED) is 0.182. The van der Waals surface area contributed by atoms with Gasteiger partial charge in [0.2, 0.25) is 0 Å². The molecule has 0 amide bonds. The van der Waals surface area contributed by atoms with E-state index in [-0.39, 0.29) is 6.42 Å². The van der Waals surface area contributed by atoms with Crippen molar-refractivity contribution in [1.82, 2.24) is 0 Å². The van der Waals surface area contributed by atoms with Gasteiger partial charge in [-0.05, 0) is 12.8 Å². The lowest BCUT2D eigenvalue weighted by atomic mass is 10.1. The first-order chi connectivity index (χ1) is 14.1. The van der Waals surface area contributed by atoms with Crippen molar-refractivity contribution in [2.45, 2.75) is 129 Å². The fourth-order valence-electron chi connectivity index (χ4n) is 3.26. The lowest BCUT2D eigenvalue weighted by molar-refractivity contribution is -0.152. The molecule has 0 aliphatic heterocycles. The van der Waals surface area contributed by atoms with Gasteiger partial charge in [0.1, 0.15) is 6.04 Å². The van der Waals surface area contributed by atoms with Crippen molar-refractivity contribution >= 4 is 11.9 Å². The molecule has 0 aromatic rings. The van der Waals surface area contributed by atoms with Crippen LogP contribution in [-0.2, 0) is 19.1 Å². The highest BCUT2D eigenvalue weighted by atomic mass is 16.5. The van der Waals surface area contributed by atoms with E-state index in [0.717, 1.165) is 25.7 Å². The van der Waals surface area contributed by atoms with Crippen LogP contribution in [0.25, 0.3) is 0 Å². The Kier molecular flexibility index (Phi) is 20.8. The second kappa shape index (κ2) is 21.6. The van der Waals surface area contributed by atoms with Crippen molar-refractivity contribution in [3.63, 3.8) is 0 Å². The summed E-state index contributed by atoms with van der Waals surface area (Å²) in [5.74, 6) is -0.917. The number of unbranched alkanes of at least 4 members (excludes halogenated alkanes) is 14. The molecule has 0 saturated carbocycles. The summed E-state index contributed by atoms with van der Waals surface area (Å²) in [5.41, 5.74) is 5.76. The highest BCUT2D eigenvalue weighted by Crippen LogP contribution is 2.10. The molecule has 1 atom stereocenters. The number of rotatable bonds is 21. The number of carbonyl (C=O) groups is 2. The molecule has 0 aromatic heterocycles. The van der Waals surface area contributed by atoms with Gasteiger partial charge in [-0.15, -0.1) is 0 Å². The number of carbonyl (C=O) groups excluding carboxylic acids is 2. The maximum Gasteiger partial charge on any atom is 0.323 e. The molecule has 0 bridgehead atoms. The molecular weight excluding hydrogens is 366 g/mol. The van der Waals surface area contributed by atoms with Crippen LogP contribution in [0.1, 0.15) is 123 Å². The second-order valence-corrected chi connectivity index (χ2v) is 8.15. The lowest BCUT2D eigenvalue weighted by Crippen LogP contribution is -2.35. The van der Waals surface area contributed by atoms with E-state index in [1.54, 1.807) is 0 Å². The molecule has 0 heterocycles. The monoisotopic (exact) mass is 413 g/mol. The van der Waals surface area contributed by atoms with Gasteiger partial charge < -0.3 is 15.2 Å². The maximum absolute atomic E-state index is 11.9. The summed E-state index contributed by atoms with van der Waals surface area (Å²) < 4.78 is 10.3. The summed E-state index contributed by atoms with van der Waals surface area (Å²) in [4.78, 5) is 23.6. The molecule has 0 unspecified atom stereocenters. The van der Waals surface area contributed by atoms with E-state index in [4.69, 9.17) is 15.2 Å². The van der Waals surface area contributed by atoms with Crippen LogP contribution in [0.2, 0.25) is 0 Å². The van der Waals surface area contributed by atoms with Crippen LogP contribution in [0.15, 0.2) is 0 Å². The zero-order valence-electron chi connectivity index (χ0n) is 19.2. The van der Waals surface area contributed by atoms with Crippen molar-refractivity contribution in [2.24, 2.45) is 5.73 Å². The molecule has 2 N–H and O–H groups in total. The molecule has 5 heteroatoms. The van der Waals surface area contributed by atoms with Gasteiger partial charge in [0.05, 0.1) is 19.6 Å². The van der Waals surface area contributed by atoms with Gasteiger partial charge in [-0.3, -0.25) is 9.59 Å². The van der Waals surface area contributed by atoms with Crippen LogP contribution >= 0.6 is 0 Å². The third kappa shape index (κ3) is 20.0. The Morgan fingerprint density at radius 3 is 1.45 bits per heavy atom. The van der Waals surface area contributed by atoms with E-state index in [1.807, 2.05) is 0 Å². The van der Waals surface area contributed by atoms with E-state index in [2.05, 4.69) is 13.8 Å². The van der Waals surface area contributed by atoms with Crippen LogP contribution in [-0.4, -0.2) is 31.2 Å². The number of hydrogen-bond donors (Lipinski definition) is 1. The fourth-order valence-corrected chi connectivity index (χ4v) is 3.26. The zero-order valence-corrected chi connectivity index (χ0v) is 19.2. The minimum atomic E-state index is -0.921. The Morgan fingerprint density at radius 1 is 0.621 bits per heavy atom. The van der Waals surface area contributed by atoms with E-state index in [1.165, 1.54) is 77.0 Å². The first-order valence-electron chi connectivity index (χ1n) is 12.2. The largest absolute Gasteiger partial charge is 0.466 e. The number of nitrogens with two attached hydrogens (primary N) is 1. The minimum Gasteiger partial charge on any atom is -0.466 e. The molecule has 0 saturated heterocycles. The normalized spacial score (nSPS) is 12.0. The van der Waals surface area contributed by atoms with Crippen LogP contribution in [0.4, 0.5) is 0 Å². The molecule has 0 radical (unpaired) electrons. The first-order valence-corrected chi connectivity index (χ1v) is 12.2. The van der Waals surface area contributed by atoms with E-state index >= 15 is 0 Å². The fraction of sp³-hybridized carbons (Fsp3) is 0.917. The van der Waals surface area contributed by atoms with Gasteiger partial charge in [-0.1, -0.05) is 104 Å². The Labute approximate surface area is 179 Å². The first kappa shape index (κ1) is 27.9. The summed E-state index contributed by atoms with van der Waals surface area (Å²) >= 11 is 0. The van der Waals surface area contributed by atoms with E-state index in [0.29, 0.717) is 13.2 Å². The lowest BCUT2D eigenvalue weighted by Gasteiger charge is -2.11. The molecule has 0 fully saturated rings. The molecule has 0 aliphatic rings. The van der Waals surface area contributed by atoms with Crippen molar-refractivity contribution in [3.8, 4) is 0 Å². The molecule has 29 heavy (non-hydrogen) atoms. The highest BCUT2D eigenvalue weighted by Gasteiger charge is 2.19. The number of esters is 2. The van der Waals surface area contributed by atoms with Crippen molar-refractivity contribution in [1.29, 1.82) is 0 Å². The standard InChI is InChI=1S/C24H47NO4/c1-3-5-7-9-11-12-13-14-16-18-20-29-24(27)22(25)21-23(26)28-19-17-15-10-8-6-4-2/h22H,3-21,25H2,1-2H3/t22-/m0/s1. The average molecular weight is 414 g/mol. The van der Waals surface area contributed by atoms with Crippen molar-refractivity contribution in [3.05, 3.63) is 0 Å². The molecule has 0 aliphatic carbocycles. The Bertz CT molecular complexity index is 387. The Morgan fingerprint density at radius 2 is 1.00 bits per heavy atom. The van der Waals surface area contributed by atoms with E-state index < -0.39 is 18.0 Å². The van der Waals surface area contributed by atoms with Crippen LogP contribution in [0.3, 0.4) is 0 Å². The van der Waals surface area contributed by atoms with Crippen molar-refractivity contribution < 1.29 is 19.1 Å². The summed E-state index contributed by atoms with van der Waals surface area (Å²) in [7, 11) is 0. The number of hydrogen-bond acceptors (Lipinski definition) is 5. The van der Waals surface area contributed by atoms with Crippen LogP contribution < -0.4 is 5.73 Å². The average Bonchev–Trinajstić information content (AvgIpc) is 2.71. The molecule has 172 valence electrons. The molecule has 0 rings (SSSR count). The highest BCUT2D eigenvalue weighted by molar-refractivity contribution is 5.82. The van der Waals surface area contributed by atoms with Gasteiger partial charge >= 0.3 is 11.9 Å². The van der Waals surface area contributed by atoms with Gasteiger partial charge in [0, 0.05) is 0 Å². The molecular formula is C24H47NO4. The summed E-state index contributed by atoms with van der Waals surface area (Å²) in [6.07, 6.45) is 19.1. The van der Waals surface area contributed by atoms with Gasteiger partial charge in [-0.25, -0.2) is 0 Å². The predicted molar refractivity (Wildman–Crippen MR) is 120 cm³/mol. The number of ether oxygens (including phenoxy) is 2. The predicted octanol–water partition coefficient (Wildman–Crippen LogP) is 6.07. The van der Waals surface area contributed by atoms with E-state index in [9.17, 15) is 9.59 Å². The van der Waals surface area contributed by atoms with Crippen molar-refractivity contribution in [2.75, 3.05) is 13.2 Å². The van der Waals surface area contributed by atoms with Crippen LogP contribution in [0.5, 0.6) is 0 Å². The molecule has 0 aromatic carbocycles. The Hall–Kier alpha value is -1.10. The molecule has 5 nitrogen and oxygen atoms in total. The summed E-state index contributed by atoms with van der Waals surface area (Å²) in [6, 6.07) is -0.921. The third-order valence-corrected chi connectivity index (χ3v) is 5.19. The Balaban J connectivity index is 3.49. The third-order valence-electron chi connectivity index (χ3n) is 5.19. The smallest absolute Gasteiger partial charge is 0.323 e. The zero-order chi connectivity index (χ0) is 21.6. The maximum atomic E-state index is 11.9. The van der Waals surface area contributed by atoms with Gasteiger partial charge in [-0.2, -0.15) is 0 Å². The van der Waals surface area contributed by atoms with Gasteiger partial charge in [0.15, 0.2) is 0 Å².